The fourth-order valence-electron chi connectivity index (χ4n) is 1.86. The second-order valence-corrected chi connectivity index (χ2v) is 4.38. The van der Waals surface area contributed by atoms with Gasteiger partial charge >= 0.3 is 5.97 Å². The summed E-state index contributed by atoms with van der Waals surface area (Å²) in [6.07, 6.45) is 2.39. The third-order valence-corrected chi connectivity index (χ3v) is 2.84. The second-order valence-electron chi connectivity index (χ2n) is 4.38. The predicted octanol–water partition coefficient (Wildman–Crippen LogP) is 0.323. The lowest BCUT2D eigenvalue weighted by molar-refractivity contribution is -0.145. The van der Waals surface area contributed by atoms with Crippen molar-refractivity contribution in [3.05, 3.63) is 0 Å². The van der Waals surface area contributed by atoms with Crippen molar-refractivity contribution in [2.75, 3.05) is 26.2 Å². The van der Waals surface area contributed by atoms with Gasteiger partial charge in [0.05, 0.1) is 12.2 Å². The smallest absolute Gasteiger partial charge is 0.329 e. The average Bonchev–Trinajstić information content (AvgIpc) is 2.25. The number of aliphatic hydroxyl groups excluding tert-OH is 1. The zero-order valence-corrected chi connectivity index (χ0v) is 9.76. The minimum Gasteiger partial charge on any atom is -0.480 e. The first kappa shape index (κ1) is 13.4. The van der Waals surface area contributed by atoms with Crippen LogP contribution in [0.25, 0.3) is 0 Å². The van der Waals surface area contributed by atoms with Crippen molar-refractivity contribution in [2.24, 2.45) is 0 Å². The number of carbonyl (C=O) groups is 1. The fraction of sp³-hybridized carbons (Fsp3) is 0.909. The van der Waals surface area contributed by atoms with Gasteiger partial charge < -0.3 is 19.8 Å². The lowest BCUT2D eigenvalue weighted by atomic mass is 10.1. The predicted molar refractivity (Wildman–Crippen MR) is 59.3 cm³/mol. The summed E-state index contributed by atoms with van der Waals surface area (Å²) in [7, 11) is 0. The summed E-state index contributed by atoms with van der Waals surface area (Å²) in [5.41, 5.74) is 0. The van der Waals surface area contributed by atoms with Gasteiger partial charge in [-0.05, 0) is 26.2 Å². The molecule has 1 saturated heterocycles. The molecule has 94 valence electrons. The Kier molecular flexibility index (Phi) is 5.73. The SMILES string of the molecule is CC(O)CCN1CCC(OCC(=O)O)CC1. The van der Waals surface area contributed by atoms with E-state index in [9.17, 15) is 4.79 Å². The molecule has 0 saturated carbocycles. The molecule has 2 N–H and O–H groups in total. The van der Waals surface area contributed by atoms with Crippen LogP contribution in [-0.4, -0.2) is 59.5 Å². The number of ether oxygens (including phenoxy) is 1. The van der Waals surface area contributed by atoms with Crippen molar-refractivity contribution in [2.45, 2.75) is 38.4 Å². The molecule has 1 atom stereocenters. The molecule has 0 amide bonds. The highest BCUT2D eigenvalue weighted by molar-refractivity contribution is 5.68. The van der Waals surface area contributed by atoms with E-state index in [0.717, 1.165) is 38.9 Å². The molecule has 0 aliphatic carbocycles. The minimum atomic E-state index is -0.906. The molecule has 1 heterocycles. The molecule has 1 fully saturated rings. The van der Waals surface area contributed by atoms with E-state index in [0.29, 0.717) is 0 Å². The monoisotopic (exact) mass is 231 g/mol. The van der Waals surface area contributed by atoms with Gasteiger partial charge in [-0.3, -0.25) is 0 Å². The van der Waals surface area contributed by atoms with Gasteiger partial charge in [-0.2, -0.15) is 0 Å². The number of carboxylic acid groups (broad SMARTS) is 1. The summed E-state index contributed by atoms with van der Waals surface area (Å²) in [6.45, 7) is 4.36. The van der Waals surface area contributed by atoms with Gasteiger partial charge in [-0.1, -0.05) is 0 Å². The Morgan fingerprint density at radius 2 is 2.12 bits per heavy atom. The maximum absolute atomic E-state index is 10.3. The van der Waals surface area contributed by atoms with Crippen LogP contribution in [-0.2, 0) is 9.53 Å². The van der Waals surface area contributed by atoms with E-state index < -0.39 is 5.97 Å². The zero-order chi connectivity index (χ0) is 12.0. The molecule has 0 bridgehead atoms. The molecule has 1 aliphatic heterocycles. The number of hydrogen-bond acceptors (Lipinski definition) is 4. The first-order chi connectivity index (χ1) is 7.58. The number of piperidine rings is 1. The molecule has 0 aromatic carbocycles. The number of likely N-dealkylation sites (tertiary alicyclic amines) is 1. The van der Waals surface area contributed by atoms with E-state index in [1.165, 1.54) is 0 Å². The van der Waals surface area contributed by atoms with Crippen LogP contribution >= 0.6 is 0 Å². The van der Waals surface area contributed by atoms with E-state index >= 15 is 0 Å². The molecule has 0 spiro atoms. The van der Waals surface area contributed by atoms with Crippen LogP contribution in [0.2, 0.25) is 0 Å². The summed E-state index contributed by atoms with van der Waals surface area (Å²) >= 11 is 0. The Hall–Kier alpha value is -0.650. The number of nitrogens with zero attached hydrogens (tertiary/aromatic N) is 1. The summed E-state index contributed by atoms with van der Waals surface area (Å²) in [5.74, 6) is -0.906. The van der Waals surface area contributed by atoms with Crippen molar-refractivity contribution in [3.63, 3.8) is 0 Å². The average molecular weight is 231 g/mol. The molecule has 0 aromatic rings. The topological polar surface area (TPSA) is 70.0 Å². The van der Waals surface area contributed by atoms with Crippen molar-refractivity contribution in [3.8, 4) is 0 Å². The molecular formula is C11H21NO4. The van der Waals surface area contributed by atoms with Crippen LogP contribution in [0.5, 0.6) is 0 Å². The molecule has 16 heavy (non-hydrogen) atoms. The summed E-state index contributed by atoms with van der Waals surface area (Å²) in [5, 5.41) is 17.6. The largest absolute Gasteiger partial charge is 0.480 e. The molecular weight excluding hydrogens is 210 g/mol. The van der Waals surface area contributed by atoms with Gasteiger partial charge in [0.2, 0.25) is 0 Å². The molecule has 5 nitrogen and oxygen atoms in total. The molecule has 1 unspecified atom stereocenters. The number of rotatable bonds is 6. The zero-order valence-electron chi connectivity index (χ0n) is 9.76. The van der Waals surface area contributed by atoms with Crippen LogP contribution in [0, 0.1) is 0 Å². The van der Waals surface area contributed by atoms with E-state index in [1.54, 1.807) is 6.92 Å². The third-order valence-electron chi connectivity index (χ3n) is 2.84. The van der Waals surface area contributed by atoms with Crippen molar-refractivity contribution in [1.82, 2.24) is 4.90 Å². The minimum absolute atomic E-state index is 0.0823. The van der Waals surface area contributed by atoms with Crippen LogP contribution in [0.1, 0.15) is 26.2 Å². The lowest BCUT2D eigenvalue weighted by Crippen LogP contribution is -2.38. The van der Waals surface area contributed by atoms with Gasteiger partial charge in [0, 0.05) is 19.6 Å². The normalized spacial score (nSPS) is 20.9. The Morgan fingerprint density at radius 3 is 2.62 bits per heavy atom. The van der Waals surface area contributed by atoms with E-state index in [1.807, 2.05) is 0 Å². The summed E-state index contributed by atoms with van der Waals surface area (Å²) < 4.78 is 5.24. The van der Waals surface area contributed by atoms with Crippen LogP contribution < -0.4 is 0 Å². The van der Waals surface area contributed by atoms with E-state index in [-0.39, 0.29) is 18.8 Å². The fourth-order valence-corrected chi connectivity index (χ4v) is 1.86. The van der Waals surface area contributed by atoms with Crippen LogP contribution in [0.15, 0.2) is 0 Å². The van der Waals surface area contributed by atoms with Gasteiger partial charge in [0.25, 0.3) is 0 Å². The van der Waals surface area contributed by atoms with Gasteiger partial charge in [-0.25, -0.2) is 4.79 Å². The number of hydrogen-bond donors (Lipinski definition) is 2. The van der Waals surface area contributed by atoms with Crippen LogP contribution in [0.3, 0.4) is 0 Å². The molecule has 5 heteroatoms. The third kappa shape index (κ3) is 5.44. The first-order valence-electron chi connectivity index (χ1n) is 5.81. The highest BCUT2D eigenvalue weighted by Crippen LogP contribution is 2.14. The second kappa shape index (κ2) is 6.83. The van der Waals surface area contributed by atoms with E-state index in [4.69, 9.17) is 14.9 Å². The Bertz CT molecular complexity index is 212. The maximum Gasteiger partial charge on any atom is 0.329 e. The molecule has 1 rings (SSSR count). The van der Waals surface area contributed by atoms with Gasteiger partial charge in [-0.15, -0.1) is 0 Å². The molecule has 1 aliphatic rings. The Balaban J connectivity index is 2.11. The Labute approximate surface area is 96.0 Å². The summed E-state index contributed by atoms with van der Waals surface area (Å²) in [6, 6.07) is 0. The number of aliphatic carboxylic acids is 1. The van der Waals surface area contributed by atoms with Gasteiger partial charge in [0.15, 0.2) is 0 Å². The standard InChI is InChI=1S/C11H21NO4/c1-9(13)2-5-12-6-3-10(4-7-12)16-8-11(14)15/h9-10,13H,2-8H2,1H3,(H,14,15). The maximum atomic E-state index is 10.3. The first-order valence-corrected chi connectivity index (χ1v) is 5.81. The van der Waals surface area contributed by atoms with Crippen molar-refractivity contribution >= 4 is 5.97 Å². The quantitative estimate of drug-likeness (QED) is 0.689. The Morgan fingerprint density at radius 1 is 1.50 bits per heavy atom. The van der Waals surface area contributed by atoms with Gasteiger partial charge in [0.1, 0.15) is 6.61 Å². The lowest BCUT2D eigenvalue weighted by Gasteiger charge is -2.31. The molecule has 0 aromatic heterocycles. The number of carboxylic acids is 1. The molecule has 0 radical (unpaired) electrons. The van der Waals surface area contributed by atoms with Crippen LogP contribution in [0.4, 0.5) is 0 Å². The highest BCUT2D eigenvalue weighted by Gasteiger charge is 2.20. The van der Waals surface area contributed by atoms with Crippen molar-refractivity contribution in [1.29, 1.82) is 0 Å². The van der Waals surface area contributed by atoms with E-state index in [2.05, 4.69) is 4.90 Å². The highest BCUT2D eigenvalue weighted by atomic mass is 16.5. The number of aliphatic hydroxyl groups is 1. The van der Waals surface area contributed by atoms with Crippen molar-refractivity contribution < 1.29 is 19.7 Å². The summed E-state index contributed by atoms with van der Waals surface area (Å²) in [4.78, 5) is 12.6.